The molecular formula is C23H30N4O4. The summed E-state index contributed by atoms with van der Waals surface area (Å²) in [6.07, 6.45) is 9.33. The highest BCUT2D eigenvalue weighted by atomic mass is 16.6. The number of hydrogen-bond acceptors (Lipinski definition) is 6. The van der Waals surface area contributed by atoms with Crippen LogP contribution in [0.15, 0.2) is 30.5 Å². The molecule has 8 heteroatoms. The van der Waals surface area contributed by atoms with Gasteiger partial charge in [0.15, 0.2) is 0 Å². The van der Waals surface area contributed by atoms with Gasteiger partial charge in [0.25, 0.3) is 5.91 Å². The lowest BCUT2D eigenvalue weighted by Gasteiger charge is -2.20. The lowest BCUT2D eigenvalue weighted by molar-refractivity contribution is 0.0613. The third kappa shape index (κ3) is 4.32. The second-order valence-electron chi connectivity index (χ2n) is 8.87. The first-order valence-corrected chi connectivity index (χ1v) is 11.3. The average molecular weight is 427 g/mol. The predicted octanol–water partition coefficient (Wildman–Crippen LogP) is 2.55. The molecule has 3 fully saturated rings. The van der Waals surface area contributed by atoms with Gasteiger partial charge in [-0.15, -0.1) is 5.10 Å². The number of rotatable bonds is 6. The van der Waals surface area contributed by atoms with Crippen LogP contribution in [0.4, 0.5) is 0 Å². The standard InChI is InChI=1S/C23H30N4O4/c1-29-18-9-5-8-16(11-18)23(28)24-19-13-30-22-20(14-31-21(19)22)27-12-17(25-26-27)10-15-6-3-2-4-7-15/h5,8-9,11-12,15,19-22H,2-4,6-7,10,13-14H2,1H3,(H,24,28). The Morgan fingerprint density at radius 2 is 2.03 bits per heavy atom. The summed E-state index contributed by atoms with van der Waals surface area (Å²) in [5.74, 6) is 1.22. The Bertz CT molecular complexity index is 910. The van der Waals surface area contributed by atoms with Crippen LogP contribution in [0, 0.1) is 5.92 Å². The second kappa shape index (κ2) is 8.96. The summed E-state index contributed by atoms with van der Waals surface area (Å²) in [5, 5.41) is 11.9. The number of nitrogens with one attached hydrogen (secondary N) is 1. The SMILES string of the molecule is COc1cccc(C(=O)NC2COC3C2OCC3n2cc(CC3CCCCC3)nn2)c1. The highest BCUT2D eigenvalue weighted by Crippen LogP contribution is 2.34. The topological polar surface area (TPSA) is 87.5 Å². The normalized spacial score (nSPS) is 28.4. The second-order valence-corrected chi connectivity index (χ2v) is 8.87. The van der Waals surface area contributed by atoms with E-state index in [4.69, 9.17) is 14.2 Å². The number of aromatic nitrogens is 3. The number of nitrogens with zero attached hydrogens (tertiary/aromatic N) is 3. The van der Waals surface area contributed by atoms with Crippen LogP contribution < -0.4 is 10.1 Å². The van der Waals surface area contributed by atoms with Crippen LogP contribution in [-0.2, 0) is 15.9 Å². The maximum Gasteiger partial charge on any atom is 0.251 e. The fraction of sp³-hybridized carbons (Fsp3) is 0.609. The van der Waals surface area contributed by atoms with E-state index in [1.807, 2.05) is 10.7 Å². The number of hydrogen-bond donors (Lipinski definition) is 1. The van der Waals surface area contributed by atoms with Crippen LogP contribution in [0.1, 0.15) is 54.2 Å². The fourth-order valence-corrected chi connectivity index (χ4v) is 5.10. The van der Waals surface area contributed by atoms with Crippen LogP contribution in [0.2, 0.25) is 0 Å². The lowest BCUT2D eigenvalue weighted by atomic mass is 9.86. The number of methoxy groups -OCH3 is 1. The molecule has 0 spiro atoms. The minimum Gasteiger partial charge on any atom is -0.497 e. The molecule has 31 heavy (non-hydrogen) atoms. The highest BCUT2D eigenvalue weighted by molar-refractivity contribution is 5.94. The Kier molecular flexibility index (Phi) is 5.91. The molecule has 1 amide bonds. The summed E-state index contributed by atoms with van der Waals surface area (Å²) in [6.45, 7) is 0.929. The van der Waals surface area contributed by atoms with E-state index in [9.17, 15) is 4.79 Å². The molecule has 2 aromatic rings. The van der Waals surface area contributed by atoms with E-state index in [-0.39, 0.29) is 30.2 Å². The maximum atomic E-state index is 12.7. The van der Waals surface area contributed by atoms with Crippen LogP contribution in [0.25, 0.3) is 0 Å². The van der Waals surface area contributed by atoms with Gasteiger partial charge in [-0.25, -0.2) is 4.68 Å². The van der Waals surface area contributed by atoms with Crippen molar-refractivity contribution in [1.29, 1.82) is 0 Å². The van der Waals surface area contributed by atoms with Crippen LogP contribution in [-0.4, -0.2) is 59.5 Å². The summed E-state index contributed by atoms with van der Waals surface area (Å²) in [6, 6.07) is 6.91. The van der Waals surface area contributed by atoms with Gasteiger partial charge in [-0.3, -0.25) is 4.79 Å². The first kappa shape index (κ1) is 20.5. The monoisotopic (exact) mass is 426 g/mol. The van der Waals surface area contributed by atoms with Gasteiger partial charge < -0.3 is 19.5 Å². The van der Waals surface area contributed by atoms with Crippen molar-refractivity contribution in [2.24, 2.45) is 5.92 Å². The van der Waals surface area contributed by atoms with Gasteiger partial charge in [0.2, 0.25) is 0 Å². The minimum absolute atomic E-state index is 0.0173. The molecule has 1 aromatic carbocycles. The zero-order chi connectivity index (χ0) is 21.2. The quantitative estimate of drug-likeness (QED) is 0.764. The summed E-state index contributed by atoms with van der Waals surface area (Å²) in [4.78, 5) is 12.7. The van der Waals surface area contributed by atoms with Crippen molar-refractivity contribution in [1.82, 2.24) is 20.3 Å². The van der Waals surface area contributed by atoms with Gasteiger partial charge in [0.05, 0.1) is 32.1 Å². The van der Waals surface area contributed by atoms with Gasteiger partial charge >= 0.3 is 0 Å². The van der Waals surface area contributed by atoms with Crippen molar-refractivity contribution in [3.05, 3.63) is 41.7 Å². The Morgan fingerprint density at radius 3 is 2.87 bits per heavy atom. The van der Waals surface area contributed by atoms with E-state index >= 15 is 0 Å². The molecule has 4 unspecified atom stereocenters. The number of fused-ring (bicyclic) bond motifs is 1. The van der Waals surface area contributed by atoms with Crippen molar-refractivity contribution >= 4 is 5.91 Å². The first-order valence-electron chi connectivity index (χ1n) is 11.3. The molecule has 4 atom stereocenters. The molecule has 1 aliphatic carbocycles. The molecule has 5 rings (SSSR count). The predicted molar refractivity (Wildman–Crippen MR) is 113 cm³/mol. The van der Waals surface area contributed by atoms with Crippen LogP contribution in [0.5, 0.6) is 5.75 Å². The summed E-state index contributed by atoms with van der Waals surface area (Å²) < 4.78 is 19.2. The molecular weight excluding hydrogens is 396 g/mol. The van der Waals surface area contributed by atoms with E-state index in [1.165, 1.54) is 32.1 Å². The largest absolute Gasteiger partial charge is 0.497 e. The average Bonchev–Trinajstić information content (AvgIpc) is 3.52. The molecule has 3 heterocycles. The summed E-state index contributed by atoms with van der Waals surface area (Å²) in [5.41, 5.74) is 1.61. The third-order valence-electron chi connectivity index (χ3n) is 6.80. The fourth-order valence-electron chi connectivity index (χ4n) is 5.10. The molecule has 2 saturated heterocycles. The molecule has 3 aliphatic rings. The van der Waals surface area contributed by atoms with E-state index in [0.29, 0.717) is 24.5 Å². The summed E-state index contributed by atoms with van der Waals surface area (Å²) >= 11 is 0. The van der Waals surface area contributed by atoms with E-state index in [0.717, 1.165) is 18.0 Å². The maximum absolute atomic E-state index is 12.7. The van der Waals surface area contributed by atoms with Gasteiger partial charge in [0.1, 0.15) is 24.0 Å². The lowest BCUT2D eigenvalue weighted by Crippen LogP contribution is -2.44. The Labute approximate surface area is 182 Å². The molecule has 1 saturated carbocycles. The van der Waals surface area contributed by atoms with Gasteiger partial charge in [-0.05, 0) is 30.5 Å². The van der Waals surface area contributed by atoms with Crippen molar-refractivity contribution < 1.29 is 19.0 Å². The van der Waals surface area contributed by atoms with Crippen LogP contribution in [0.3, 0.4) is 0 Å². The summed E-state index contributed by atoms with van der Waals surface area (Å²) in [7, 11) is 1.59. The van der Waals surface area contributed by atoms with Crippen molar-refractivity contribution in [2.75, 3.05) is 20.3 Å². The van der Waals surface area contributed by atoms with Crippen LogP contribution >= 0.6 is 0 Å². The van der Waals surface area contributed by atoms with E-state index in [1.54, 1.807) is 25.3 Å². The number of amides is 1. The smallest absolute Gasteiger partial charge is 0.251 e. The van der Waals surface area contributed by atoms with Crippen molar-refractivity contribution in [3.8, 4) is 5.75 Å². The minimum atomic E-state index is -0.195. The van der Waals surface area contributed by atoms with Gasteiger partial charge in [-0.1, -0.05) is 43.4 Å². The molecule has 0 radical (unpaired) electrons. The Hall–Kier alpha value is -2.45. The van der Waals surface area contributed by atoms with Crippen molar-refractivity contribution in [2.45, 2.75) is 62.8 Å². The molecule has 2 aliphatic heterocycles. The Balaban J connectivity index is 1.20. The number of benzene rings is 1. The van der Waals surface area contributed by atoms with E-state index < -0.39 is 0 Å². The highest BCUT2D eigenvalue weighted by Gasteiger charge is 2.49. The Morgan fingerprint density at radius 1 is 1.19 bits per heavy atom. The molecule has 0 bridgehead atoms. The zero-order valence-electron chi connectivity index (χ0n) is 17.9. The number of carbonyl (C=O) groups is 1. The molecule has 166 valence electrons. The number of carbonyl (C=O) groups excluding carboxylic acids is 1. The molecule has 8 nitrogen and oxygen atoms in total. The third-order valence-corrected chi connectivity index (χ3v) is 6.80. The first-order chi connectivity index (χ1) is 15.2. The number of ether oxygens (including phenoxy) is 3. The van der Waals surface area contributed by atoms with E-state index in [2.05, 4.69) is 21.8 Å². The molecule has 1 N–H and O–H groups in total. The van der Waals surface area contributed by atoms with Gasteiger partial charge in [0, 0.05) is 11.8 Å². The zero-order valence-corrected chi connectivity index (χ0v) is 17.9. The molecule has 1 aromatic heterocycles. The van der Waals surface area contributed by atoms with Gasteiger partial charge in [-0.2, -0.15) is 0 Å². The van der Waals surface area contributed by atoms with Crippen molar-refractivity contribution in [3.63, 3.8) is 0 Å².